The van der Waals surface area contributed by atoms with Gasteiger partial charge in [0.2, 0.25) is 0 Å². The predicted molar refractivity (Wildman–Crippen MR) is 118 cm³/mol. The molecule has 0 radical (unpaired) electrons. The molecule has 0 saturated heterocycles. The van der Waals surface area contributed by atoms with Crippen LogP contribution in [0.5, 0.6) is 0 Å². The molecule has 0 aliphatic heterocycles. The first-order valence-corrected chi connectivity index (χ1v) is 10.4. The lowest BCUT2D eigenvalue weighted by molar-refractivity contribution is 0.0698. The van der Waals surface area contributed by atoms with Gasteiger partial charge in [0.05, 0.1) is 16.5 Å². The first-order valence-electron chi connectivity index (χ1n) is 9.60. The van der Waals surface area contributed by atoms with Gasteiger partial charge in [0.25, 0.3) is 5.56 Å². The summed E-state index contributed by atoms with van der Waals surface area (Å²) in [5.74, 6) is -1.01. The van der Waals surface area contributed by atoms with Crippen LogP contribution in [0.3, 0.4) is 0 Å². The van der Waals surface area contributed by atoms with E-state index in [0.29, 0.717) is 22.7 Å². The maximum Gasteiger partial charge on any atom is 0.337 e. The van der Waals surface area contributed by atoms with Crippen molar-refractivity contribution in [3.05, 3.63) is 73.4 Å². The van der Waals surface area contributed by atoms with Crippen LogP contribution in [0.25, 0.3) is 21.1 Å². The van der Waals surface area contributed by atoms with E-state index in [0.717, 1.165) is 21.0 Å². The first-order chi connectivity index (χ1) is 14.3. The highest BCUT2D eigenvalue weighted by Gasteiger charge is 2.25. The number of thiophene rings is 1. The molecule has 0 fully saturated rings. The SMILES string of the molecule is CC(C)Cn1c(=O)n(C)c(=O)c2c(C(=O)O)c(Cc3ccnc4ccccc34)sc21. The quantitative estimate of drug-likeness (QED) is 0.532. The zero-order valence-corrected chi connectivity index (χ0v) is 17.7. The van der Waals surface area contributed by atoms with Gasteiger partial charge in [-0.2, -0.15) is 0 Å². The van der Waals surface area contributed by atoms with Gasteiger partial charge in [-0.05, 0) is 23.6 Å². The average Bonchev–Trinajstić information content (AvgIpc) is 3.09. The molecule has 0 aliphatic carbocycles. The fourth-order valence-corrected chi connectivity index (χ4v) is 5.04. The lowest BCUT2D eigenvalue weighted by Crippen LogP contribution is -2.38. The molecule has 1 N–H and O–H groups in total. The van der Waals surface area contributed by atoms with Crippen LogP contribution in [-0.2, 0) is 20.0 Å². The average molecular weight is 423 g/mol. The van der Waals surface area contributed by atoms with Crippen molar-refractivity contribution in [1.29, 1.82) is 0 Å². The van der Waals surface area contributed by atoms with E-state index in [9.17, 15) is 19.5 Å². The second-order valence-electron chi connectivity index (χ2n) is 7.70. The first kappa shape index (κ1) is 20.0. The Morgan fingerprint density at radius 3 is 2.63 bits per heavy atom. The number of hydrogen-bond acceptors (Lipinski definition) is 5. The smallest absolute Gasteiger partial charge is 0.337 e. The van der Waals surface area contributed by atoms with Crippen molar-refractivity contribution in [1.82, 2.24) is 14.1 Å². The highest BCUT2D eigenvalue weighted by Crippen LogP contribution is 2.32. The number of nitrogens with zero attached hydrogens (tertiary/aromatic N) is 3. The van der Waals surface area contributed by atoms with Gasteiger partial charge in [-0.25, -0.2) is 9.59 Å². The number of para-hydroxylation sites is 1. The minimum Gasteiger partial charge on any atom is -0.478 e. The molecule has 0 amide bonds. The molecular formula is C22H21N3O4S. The molecule has 0 saturated carbocycles. The number of carbonyl (C=O) groups is 1. The number of benzene rings is 1. The van der Waals surface area contributed by atoms with E-state index in [-0.39, 0.29) is 16.9 Å². The summed E-state index contributed by atoms with van der Waals surface area (Å²) in [6, 6.07) is 9.51. The molecule has 4 rings (SSSR count). The van der Waals surface area contributed by atoms with Gasteiger partial charge < -0.3 is 5.11 Å². The molecule has 3 aromatic heterocycles. The minimum absolute atomic E-state index is 0.0194. The summed E-state index contributed by atoms with van der Waals surface area (Å²) in [5.41, 5.74) is 0.716. The number of carboxylic acids is 1. The molecule has 0 aliphatic rings. The Morgan fingerprint density at radius 2 is 1.93 bits per heavy atom. The topological polar surface area (TPSA) is 94.2 Å². The molecule has 3 heterocycles. The Labute approximate surface area is 175 Å². The van der Waals surface area contributed by atoms with Gasteiger partial charge in [-0.1, -0.05) is 32.0 Å². The Kier molecular flexibility index (Phi) is 5.03. The fourth-order valence-electron chi connectivity index (χ4n) is 3.74. The lowest BCUT2D eigenvalue weighted by atomic mass is 10.0. The van der Waals surface area contributed by atoms with Gasteiger partial charge >= 0.3 is 11.7 Å². The standard InChI is InChI=1S/C22H21N3O4S/c1-12(2)11-25-20-18(19(26)24(3)22(25)29)17(21(27)28)16(30-20)10-13-8-9-23-15-7-5-4-6-14(13)15/h4-9,12H,10-11H2,1-3H3,(H,27,28). The molecular weight excluding hydrogens is 402 g/mol. The predicted octanol–water partition coefficient (Wildman–Crippen LogP) is 3.25. The number of hydrogen-bond donors (Lipinski definition) is 1. The second kappa shape index (κ2) is 7.53. The summed E-state index contributed by atoms with van der Waals surface area (Å²) >= 11 is 1.21. The molecule has 0 bridgehead atoms. The van der Waals surface area contributed by atoms with Crippen molar-refractivity contribution >= 4 is 38.4 Å². The van der Waals surface area contributed by atoms with Crippen molar-refractivity contribution in [2.75, 3.05) is 0 Å². The summed E-state index contributed by atoms with van der Waals surface area (Å²) in [7, 11) is 1.39. The third-order valence-electron chi connectivity index (χ3n) is 5.10. The summed E-state index contributed by atoms with van der Waals surface area (Å²) in [5, 5.41) is 11.0. The number of fused-ring (bicyclic) bond motifs is 2. The van der Waals surface area contributed by atoms with E-state index in [1.165, 1.54) is 23.0 Å². The number of aromatic carboxylic acids is 1. The van der Waals surface area contributed by atoms with Gasteiger partial charge in [0.1, 0.15) is 4.83 Å². The van der Waals surface area contributed by atoms with E-state index >= 15 is 0 Å². The second-order valence-corrected chi connectivity index (χ2v) is 8.78. The van der Waals surface area contributed by atoms with Crippen molar-refractivity contribution < 1.29 is 9.90 Å². The zero-order chi connectivity index (χ0) is 21.6. The summed E-state index contributed by atoms with van der Waals surface area (Å²) in [6.45, 7) is 4.35. The Morgan fingerprint density at radius 1 is 1.20 bits per heavy atom. The molecule has 1 aromatic carbocycles. The monoisotopic (exact) mass is 423 g/mol. The van der Waals surface area contributed by atoms with E-state index in [1.807, 2.05) is 44.2 Å². The lowest BCUT2D eigenvalue weighted by Gasteiger charge is -2.11. The Hall–Kier alpha value is -3.26. The maximum absolute atomic E-state index is 12.9. The maximum atomic E-state index is 12.9. The van der Waals surface area contributed by atoms with Crippen LogP contribution in [0.1, 0.15) is 34.6 Å². The van der Waals surface area contributed by atoms with Crippen LogP contribution >= 0.6 is 11.3 Å². The van der Waals surface area contributed by atoms with Crippen molar-refractivity contribution in [3.63, 3.8) is 0 Å². The van der Waals surface area contributed by atoms with Crippen LogP contribution in [0, 0.1) is 5.92 Å². The van der Waals surface area contributed by atoms with Crippen molar-refractivity contribution in [2.24, 2.45) is 13.0 Å². The zero-order valence-electron chi connectivity index (χ0n) is 16.9. The van der Waals surface area contributed by atoms with Gasteiger partial charge in [0.15, 0.2) is 0 Å². The summed E-state index contributed by atoms with van der Waals surface area (Å²) < 4.78 is 2.52. The molecule has 7 nitrogen and oxygen atoms in total. The molecule has 30 heavy (non-hydrogen) atoms. The largest absolute Gasteiger partial charge is 0.478 e. The van der Waals surface area contributed by atoms with Crippen LogP contribution in [0.15, 0.2) is 46.1 Å². The van der Waals surface area contributed by atoms with Gasteiger partial charge in [-0.15, -0.1) is 11.3 Å². The van der Waals surface area contributed by atoms with Crippen LogP contribution in [-0.4, -0.2) is 25.2 Å². The molecule has 8 heteroatoms. The number of aromatic nitrogens is 3. The van der Waals surface area contributed by atoms with Crippen LogP contribution < -0.4 is 11.2 Å². The van der Waals surface area contributed by atoms with Gasteiger partial charge in [-0.3, -0.25) is 18.9 Å². The molecule has 154 valence electrons. The number of pyridine rings is 1. The normalized spacial score (nSPS) is 11.6. The summed E-state index contributed by atoms with van der Waals surface area (Å²) in [4.78, 5) is 43.1. The Balaban J connectivity index is 2.02. The third-order valence-corrected chi connectivity index (χ3v) is 6.31. The van der Waals surface area contributed by atoms with E-state index < -0.39 is 17.2 Å². The van der Waals surface area contributed by atoms with Crippen LogP contribution in [0.4, 0.5) is 0 Å². The highest BCUT2D eigenvalue weighted by atomic mass is 32.1. The van der Waals surface area contributed by atoms with E-state index in [2.05, 4.69) is 4.98 Å². The van der Waals surface area contributed by atoms with E-state index in [1.54, 1.807) is 6.20 Å². The Bertz CT molecular complexity index is 1410. The molecule has 4 aromatic rings. The van der Waals surface area contributed by atoms with Crippen LogP contribution in [0.2, 0.25) is 0 Å². The van der Waals surface area contributed by atoms with Crippen molar-refractivity contribution in [3.8, 4) is 0 Å². The highest BCUT2D eigenvalue weighted by molar-refractivity contribution is 7.19. The molecule has 0 spiro atoms. The van der Waals surface area contributed by atoms with Gasteiger partial charge in [0, 0.05) is 36.5 Å². The molecule has 0 atom stereocenters. The van der Waals surface area contributed by atoms with E-state index in [4.69, 9.17) is 0 Å². The molecule has 0 unspecified atom stereocenters. The fraction of sp³-hybridized carbons (Fsp3) is 0.273. The summed E-state index contributed by atoms with van der Waals surface area (Å²) in [6.07, 6.45) is 2.03. The number of carboxylic acid groups (broad SMARTS) is 1. The number of rotatable bonds is 5. The van der Waals surface area contributed by atoms with Crippen molar-refractivity contribution in [2.45, 2.75) is 26.8 Å². The third kappa shape index (κ3) is 3.23. The minimum atomic E-state index is -1.17.